The quantitative estimate of drug-likeness (QED) is 0.831. The predicted molar refractivity (Wildman–Crippen MR) is 80.0 cm³/mol. The van der Waals surface area contributed by atoms with E-state index in [1.165, 1.54) is 4.31 Å². The van der Waals surface area contributed by atoms with E-state index in [4.69, 9.17) is 5.11 Å². The number of aliphatic hydroxyl groups excluding tert-OH is 1. The minimum Gasteiger partial charge on any atom is -0.396 e. The Labute approximate surface area is 119 Å². The summed E-state index contributed by atoms with van der Waals surface area (Å²) < 4.78 is 26.2. The number of aliphatic hydroxyl groups is 1. The number of hydrogen-bond donors (Lipinski definition) is 1. The van der Waals surface area contributed by atoms with Gasteiger partial charge < -0.3 is 5.11 Å². The maximum atomic E-state index is 12.4. The Hall–Kier alpha value is -0.560. The average molecular weight is 303 g/mol. The van der Waals surface area contributed by atoms with Crippen LogP contribution in [0.2, 0.25) is 0 Å². The number of hydrogen-bond acceptors (Lipinski definition) is 4. The fourth-order valence-corrected chi connectivity index (χ4v) is 3.87. The molecule has 0 radical (unpaired) electrons. The van der Waals surface area contributed by atoms with Gasteiger partial charge in [-0.3, -0.25) is 0 Å². The van der Waals surface area contributed by atoms with E-state index in [-0.39, 0.29) is 12.6 Å². The Morgan fingerprint density at radius 1 is 1.32 bits per heavy atom. The van der Waals surface area contributed by atoms with Crippen molar-refractivity contribution in [1.29, 1.82) is 0 Å². The van der Waals surface area contributed by atoms with Crippen LogP contribution in [0.5, 0.6) is 0 Å². The van der Waals surface area contributed by atoms with Gasteiger partial charge in [-0.25, -0.2) is 8.42 Å². The summed E-state index contributed by atoms with van der Waals surface area (Å²) in [7, 11) is -1.83. The lowest BCUT2D eigenvalue weighted by atomic mass is 10.2. The van der Waals surface area contributed by atoms with Crippen LogP contribution in [0.1, 0.15) is 12.5 Å². The zero-order valence-electron chi connectivity index (χ0n) is 11.5. The fourth-order valence-electron chi connectivity index (χ4n) is 1.71. The molecule has 0 heterocycles. The van der Waals surface area contributed by atoms with Crippen molar-refractivity contribution in [3.63, 3.8) is 0 Å². The number of benzene rings is 1. The first-order valence-corrected chi connectivity index (χ1v) is 8.93. The largest absolute Gasteiger partial charge is 0.396 e. The third-order valence-electron chi connectivity index (χ3n) is 3.03. The highest BCUT2D eigenvalue weighted by atomic mass is 32.2. The lowest BCUT2D eigenvalue weighted by Crippen LogP contribution is -2.36. The summed E-state index contributed by atoms with van der Waals surface area (Å²) in [5, 5.41) is 8.84. The maximum absolute atomic E-state index is 12.4. The molecule has 1 aromatic carbocycles. The van der Waals surface area contributed by atoms with Gasteiger partial charge in [0.2, 0.25) is 10.0 Å². The van der Waals surface area contributed by atoms with Gasteiger partial charge in [0.05, 0.1) is 4.90 Å². The summed E-state index contributed by atoms with van der Waals surface area (Å²) in [5.74, 6) is 0.762. The second-order valence-corrected chi connectivity index (χ2v) is 7.35. The minimum atomic E-state index is -3.43. The molecular formula is C13H21NO3S2. The third-order valence-corrected chi connectivity index (χ3v) is 5.83. The Kier molecular flexibility index (Phi) is 6.32. The molecule has 0 aliphatic heterocycles. The van der Waals surface area contributed by atoms with Gasteiger partial charge in [0.25, 0.3) is 0 Å². The zero-order valence-corrected chi connectivity index (χ0v) is 13.2. The van der Waals surface area contributed by atoms with Crippen molar-refractivity contribution in [3.8, 4) is 0 Å². The molecule has 1 N–H and O–H groups in total. The van der Waals surface area contributed by atoms with Crippen LogP contribution >= 0.6 is 11.8 Å². The summed E-state index contributed by atoms with van der Waals surface area (Å²) in [6, 6.07) is 6.65. The smallest absolute Gasteiger partial charge is 0.243 e. The van der Waals surface area contributed by atoms with Crippen molar-refractivity contribution in [2.24, 2.45) is 0 Å². The van der Waals surface area contributed by atoms with Gasteiger partial charge in [-0.2, -0.15) is 16.1 Å². The van der Waals surface area contributed by atoms with Gasteiger partial charge in [-0.1, -0.05) is 12.1 Å². The number of thioether (sulfide) groups is 1. The van der Waals surface area contributed by atoms with Crippen LogP contribution in [-0.4, -0.2) is 49.5 Å². The second-order valence-electron chi connectivity index (χ2n) is 4.44. The predicted octanol–water partition coefficient (Wildman–Crippen LogP) is 1.59. The summed E-state index contributed by atoms with van der Waals surface area (Å²) in [5.41, 5.74) is 0.932. The summed E-state index contributed by atoms with van der Waals surface area (Å²) in [6.07, 6.45) is 2.50. The Morgan fingerprint density at radius 3 is 2.37 bits per heavy atom. The number of sulfonamides is 1. The van der Waals surface area contributed by atoms with E-state index >= 15 is 0 Å². The highest BCUT2D eigenvalue weighted by molar-refractivity contribution is 7.98. The van der Waals surface area contributed by atoms with Gasteiger partial charge in [0.1, 0.15) is 0 Å². The molecule has 4 nitrogen and oxygen atoms in total. The molecule has 1 atom stereocenters. The number of rotatable bonds is 7. The van der Waals surface area contributed by atoms with Crippen molar-refractivity contribution >= 4 is 21.8 Å². The average Bonchev–Trinajstić information content (AvgIpc) is 2.39. The third kappa shape index (κ3) is 4.21. The van der Waals surface area contributed by atoms with Crippen molar-refractivity contribution in [1.82, 2.24) is 4.31 Å². The van der Waals surface area contributed by atoms with Crippen LogP contribution in [-0.2, 0) is 16.4 Å². The maximum Gasteiger partial charge on any atom is 0.243 e. The normalized spacial score (nSPS) is 13.7. The Bertz CT molecular complexity index is 485. The first-order chi connectivity index (χ1) is 8.93. The molecule has 6 heteroatoms. The lowest BCUT2D eigenvalue weighted by molar-refractivity contribution is 0.299. The monoisotopic (exact) mass is 303 g/mol. The van der Waals surface area contributed by atoms with E-state index in [2.05, 4.69) is 0 Å². The van der Waals surface area contributed by atoms with Gasteiger partial charge in [0, 0.05) is 25.4 Å². The van der Waals surface area contributed by atoms with E-state index in [0.29, 0.717) is 11.3 Å². The molecule has 0 saturated heterocycles. The van der Waals surface area contributed by atoms with Gasteiger partial charge in [-0.15, -0.1) is 0 Å². The molecule has 0 aliphatic carbocycles. The van der Waals surface area contributed by atoms with E-state index < -0.39 is 10.0 Å². The summed E-state index contributed by atoms with van der Waals surface area (Å²) in [4.78, 5) is 0.296. The Morgan fingerprint density at radius 2 is 1.89 bits per heavy atom. The molecule has 0 fully saturated rings. The van der Waals surface area contributed by atoms with Crippen LogP contribution in [0, 0.1) is 0 Å². The summed E-state index contributed by atoms with van der Waals surface area (Å²) in [6.45, 7) is 1.96. The van der Waals surface area contributed by atoms with Crippen LogP contribution in [0.25, 0.3) is 0 Å². The zero-order chi connectivity index (χ0) is 14.5. The second kappa shape index (κ2) is 7.28. The van der Waals surface area contributed by atoms with Gasteiger partial charge in [0.15, 0.2) is 0 Å². The molecule has 1 aromatic rings. The highest BCUT2D eigenvalue weighted by Gasteiger charge is 2.24. The molecule has 108 valence electrons. The molecule has 0 amide bonds. The topological polar surface area (TPSA) is 57.6 Å². The van der Waals surface area contributed by atoms with E-state index in [1.54, 1.807) is 43.1 Å². The first kappa shape index (κ1) is 16.5. The van der Waals surface area contributed by atoms with Crippen LogP contribution in [0.4, 0.5) is 0 Å². The van der Waals surface area contributed by atoms with Crippen LogP contribution in [0.3, 0.4) is 0 Å². The van der Waals surface area contributed by atoms with Gasteiger partial charge in [-0.05, 0) is 37.3 Å². The summed E-state index contributed by atoms with van der Waals surface area (Å²) >= 11 is 1.62. The van der Waals surface area contributed by atoms with Crippen molar-refractivity contribution in [2.45, 2.75) is 24.3 Å². The van der Waals surface area contributed by atoms with Crippen molar-refractivity contribution in [2.75, 3.05) is 25.7 Å². The fraction of sp³-hybridized carbons (Fsp3) is 0.538. The molecule has 1 unspecified atom stereocenters. The molecule has 19 heavy (non-hydrogen) atoms. The van der Waals surface area contributed by atoms with Crippen LogP contribution in [0.15, 0.2) is 29.2 Å². The SMILES string of the molecule is CSCC(C)N(C)S(=O)(=O)c1ccc(CCO)cc1. The molecule has 1 rings (SSSR count). The molecule has 0 bridgehead atoms. The Balaban J connectivity index is 2.93. The highest BCUT2D eigenvalue weighted by Crippen LogP contribution is 2.18. The minimum absolute atomic E-state index is 0.0443. The van der Waals surface area contributed by atoms with E-state index in [9.17, 15) is 8.42 Å². The molecule has 0 saturated carbocycles. The molecule has 0 aliphatic rings. The number of nitrogens with zero attached hydrogens (tertiary/aromatic N) is 1. The van der Waals surface area contributed by atoms with Crippen LogP contribution < -0.4 is 0 Å². The molecule has 0 spiro atoms. The lowest BCUT2D eigenvalue weighted by Gasteiger charge is -2.23. The van der Waals surface area contributed by atoms with Gasteiger partial charge >= 0.3 is 0 Å². The first-order valence-electron chi connectivity index (χ1n) is 6.10. The van der Waals surface area contributed by atoms with Crippen molar-refractivity contribution < 1.29 is 13.5 Å². The standard InChI is InChI=1S/C13H21NO3S2/c1-11(10-18-3)14(2)19(16,17)13-6-4-12(5-7-13)8-9-15/h4-7,11,15H,8-10H2,1-3H3. The van der Waals surface area contributed by atoms with E-state index in [1.807, 2.05) is 13.2 Å². The van der Waals surface area contributed by atoms with Crippen molar-refractivity contribution in [3.05, 3.63) is 29.8 Å². The molecule has 0 aromatic heterocycles. The van der Waals surface area contributed by atoms with E-state index in [0.717, 1.165) is 11.3 Å². The molecular weight excluding hydrogens is 282 g/mol.